The van der Waals surface area contributed by atoms with Crippen LogP contribution in [-0.2, 0) is 4.79 Å². The van der Waals surface area contributed by atoms with Gasteiger partial charge in [-0.15, -0.1) is 0 Å². The van der Waals surface area contributed by atoms with Crippen LogP contribution in [0, 0.1) is 34.5 Å². The summed E-state index contributed by atoms with van der Waals surface area (Å²) >= 11 is 0. The van der Waals surface area contributed by atoms with E-state index in [1.807, 2.05) is 0 Å². The molecule has 6 atom stereocenters. The maximum absolute atomic E-state index is 12.2. The summed E-state index contributed by atoms with van der Waals surface area (Å²) in [5.74, 6) is 3.26. The van der Waals surface area contributed by atoms with Gasteiger partial charge in [-0.05, 0) is 93.3 Å². The first kappa shape index (κ1) is 17.1. The lowest BCUT2D eigenvalue weighted by atomic mass is 9.47. The van der Waals surface area contributed by atoms with Crippen LogP contribution in [0.4, 0.5) is 0 Å². The molecule has 0 aromatic heterocycles. The molecule has 5 rings (SSSR count). The van der Waals surface area contributed by atoms with E-state index in [2.05, 4.69) is 38.2 Å². The normalized spacial score (nSPS) is 47.2. The Morgan fingerprint density at radius 2 is 1.77 bits per heavy atom. The Hall–Kier alpha value is -1.05. The van der Waals surface area contributed by atoms with Gasteiger partial charge in [0.1, 0.15) is 0 Å². The zero-order valence-corrected chi connectivity index (χ0v) is 16.8. The summed E-state index contributed by atoms with van der Waals surface area (Å²) in [4.78, 5) is 12.2. The topological polar surface area (TPSA) is 29.1 Å². The van der Waals surface area contributed by atoms with Crippen LogP contribution < -0.4 is 5.32 Å². The Bertz CT molecular complexity index is 686. The fourth-order valence-electron chi connectivity index (χ4n) is 7.23. The Kier molecular flexibility index (Phi) is 3.76. The Labute approximate surface area is 158 Å². The molecule has 0 bridgehead atoms. The summed E-state index contributed by atoms with van der Waals surface area (Å²) in [7, 11) is 0. The van der Waals surface area contributed by atoms with Crippen molar-refractivity contribution in [1.82, 2.24) is 5.32 Å². The molecule has 0 heterocycles. The molecule has 0 aromatic rings. The fourth-order valence-corrected chi connectivity index (χ4v) is 7.23. The van der Waals surface area contributed by atoms with E-state index in [4.69, 9.17) is 0 Å². The number of fused-ring (bicyclic) bond motifs is 5. The van der Waals surface area contributed by atoms with Crippen molar-refractivity contribution >= 4 is 5.91 Å². The number of hydrogen-bond acceptors (Lipinski definition) is 1. The first-order valence-electron chi connectivity index (χ1n) is 11.1. The molecule has 26 heavy (non-hydrogen) atoms. The van der Waals surface area contributed by atoms with Crippen LogP contribution in [0.5, 0.6) is 0 Å². The largest absolute Gasteiger partial charge is 0.353 e. The number of rotatable bonds is 2. The average Bonchev–Trinajstić information content (AvgIpc) is 3.41. The van der Waals surface area contributed by atoms with Gasteiger partial charge in [0.15, 0.2) is 0 Å². The highest BCUT2D eigenvalue weighted by Crippen LogP contribution is 2.64. The predicted octanol–water partition coefficient (Wildman–Crippen LogP) is 5.40. The van der Waals surface area contributed by atoms with Crippen LogP contribution in [0.2, 0.25) is 0 Å². The molecule has 2 nitrogen and oxygen atoms in total. The second kappa shape index (κ2) is 5.72. The molecule has 0 aliphatic heterocycles. The summed E-state index contributed by atoms with van der Waals surface area (Å²) in [5.41, 5.74) is 4.20. The molecule has 1 N–H and O–H groups in total. The Morgan fingerprint density at radius 1 is 1.00 bits per heavy atom. The van der Waals surface area contributed by atoms with E-state index in [9.17, 15) is 4.79 Å². The van der Waals surface area contributed by atoms with Crippen LogP contribution in [0.15, 0.2) is 23.3 Å². The van der Waals surface area contributed by atoms with E-state index in [1.165, 1.54) is 38.5 Å². The first-order chi connectivity index (χ1) is 12.4. The van der Waals surface area contributed by atoms with Gasteiger partial charge in [-0.3, -0.25) is 4.79 Å². The molecule has 0 saturated heterocycles. The van der Waals surface area contributed by atoms with Gasteiger partial charge in [-0.25, -0.2) is 0 Å². The van der Waals surface area contributed by atoms with E-state index < -0.39 is 0 Å². The van der Waals surface area contributed by atoms with Gasteiger partial charge in [0.25, 0.3) is 0 Å². The first-order valence-corrected chi connectivity index (χ1v) is 11.1. The minimum atomic E-state index is 0.328. The summed E-state index contributed by atoms with van der Waals surface area (Å²) < 4.78 is 0. The summed E-state index contributed by atoms with van der Waals surface area (Å²) in [5, 5.41) is 3.36. The number of hydrogen-bond donors (Lipinski definition) is 1. The fraction of sp³-hybridized carbons (Fsp3) is 0.792. The van der Waals surface area contributed by atoms with Gasteiger partial charge in [-0.2, -0.15) is 0 Å². The van der Waals surface area contributed by atoms with Crippen molar-refractivity contribution < 1.29 is 4.79 Å². The molecule has 4 unspecified atom stereocenters. The standard InChI is InChI=1S/C24H35NO/c1-15-4-9-20-19-8-7-17-14-18(25-22(26)16-5-6-16)10-12-24(17,3)21(19)11-13-23(15,20)2/h4,7,16,18-21H,5-6,8-14H2,1-3H3,(H,25,26)/t18-,19?,20?,21+,23?,24?/m1/s1. The number of nitrogens with one attached hydrogen (secondary N) is 1. The molecule has 5 aliphatic rings. The molecule has 5 aliphatic carbocycles. The van der Waals surface area contributed by atoms with Gasteiger partial charge < -0.3 is 5.32 Å². The zero-order valence-electron chi connectivity index (χ0n) is 16.8. The smallest absolute Gasteiger partial charge is 0.223 e. The van der Waals surface area contributed by atoms with Crippen molar-refractivity contribution in [1.29, 1.82) is 0 Å². The second-order valence-electron chi connectivity index (χ2n) is 10.6. The van der Waals surface area contributed by atoms with E-state index in [1.54, 1.807) is 11.1 Å². The molecule has 3 saturated carbocycles. The molecule has 0 aromatic carbocycles. The van der Waals surface area contributed by atoms with Gasteiger partial charge >= 0.3 is 0 Å². The second-order valence-corrected chi connectivity index (χ2v) is 10.6. The third kappa shape index (κ3) is 2.39. The van der Waals surface area contributed by atoms with E-state index in [-0.39, 0.29) is 0 Å². The van der Waals surface area contributed by atoms with Crippen molar-refractivity contribution in [2.75, 3.05) is 0 Å². The van der Waals surface area contributed by atoms with E-state index >= 15 is 0 Å². The van der Waals surface area contributed by atoms with Crippen molar-refractivity contribution in [3.63, 3.8) is 0 Å². The molecule has 2 heteroatoms. The zero-order chi connectivity index (χ0) is 18.1. The SMILES string of the molecule is CC1=CCC2C3CC=C4C[C@H](NC(=O)C5CC5)CCC4(C)[C@H]3CCC12C. The minimum absolute atomic E-state index is 0.328. The number of carbonyl (C=O) groups excluding carboxylic acids is 1. The Morgan fingerprint density at radius 3 is 2.54 bits per heavy atom. The van der Waals surface area contributed by atoms with Crippen LogP contribution in [0.3, 0.4) is 0 Å². The van der Waals surface area contributed by atoms with Crippen molar-refractivity contribution in [3.05, 3.63) is 23.3 Å². The highest BCUT2D eigenvalue weighted by molar-refractivity contribution is 5.81. The van der Waals surface area contributed by atoms with Gasteiger partial charge in [-0.1, -0.05) is 37.1 Å². The quantitative estimate of drug-likeness (QED) is 0.662. The molecular weight excluding hydrogens is 318 g/mol. The maximum Gasteiger partial charge on any atom is 0.223 e. The highest BCUT2D eigenvalue weighted by atomic mass is 16.2. The molecule has 3 fully saturated rings. The van der Waals surface area contributed by atoms with Crippen molar-refractivity contribution in [2.24, 2.45) is 34.5 Å². The third-order valence-electron chi connectivity index (χ3n) is 9.37. The van der Waals surface area contributed by atoms with Crippen LogP contribution in [0.1, 0.15) is 78.6 Å². The molecule has 0 radical (unpaired) electrons. The van der Waals surface area contributed by atoms with Gasteiger partial charge in [0, 0.05) is 12.0 Å². The van der Waals surface area contributed by atoms with Crippen LogP contribution in [-0.4, -0.2) is 11.9 Å². The van der Waals surface area contributed by atoms with E-state index in [0.717, 1.165) is 37.0 Å². The number of allylic oxidation sites excluding steroid dienone is 3. The lowest BCUT2D eigenvalue weighted by Crippen LogP contribution is -2.51. The maximum atomic E-state index is 12.2. The molecule has 0 spiro atoms. The lowest BCUT2D eigenvalue weighted by Gasteiger charge is -2.58. The molecule has 1 amide bonds. The summed E-state index contributed by atoms with van der Waals surface area (Å²) in [6.07, 6.45) is 16.3. The van der Waals surface area contributed by atoms with Crippen LogP contribution >= 0.6 is 0 Å². The van der Waals surface area contributed by atoms with Crippen molar-refractivity contribution in [3.8, 4) is 0 Å². The molecular formula is C24H35NO. The predicted molar refractivity (Wildman–Crippen MR) is 105 cm³/mol. The summed E-state index contributed by atoms with van der Waals surface area (Å²) in [6, 6.07) is 0.392. The minimum Gasteiger partial charge on any atom is -0.353 e. The summed E-state index contributed by atoms with van der Waals surface area (Å²) in [6.45, 7) is 7.48. The third-order valence-corrected chi connectivity index (χ3v) is 9.37. The van der Waals surface area contributed by atoms with Crippen molar-refractivity contribution in [2.45, 2.75) is 84.6 Å². The van der Waals surface area contributed by atoms with Crippen LogP contribution in [0.25, 0.3) is 0 Å². The van der Waals surface area contributed by atoms with Gasteiger partial charge in [0.2, 0.25) is 5.91 Å². The lowest BCUT2D eigenvalue weighted by molar-refractivity contribution is -0.123. The highest BCUT2D eigenvalue weighted by Gasteiger charge is 2.56. The number of carbonyl (C=O) groups is 1. The Balaban J connectivity index is 1.35. The average molecular weight is 354 g/mol. The van der Waals surface area contributed by atoms with Gasteiger partial charge in [0.05, 0.1) is 0 Å². The monoisotopic (exact) mass is 353 g/mol. The number of amides is 1. The van der Waals surface area contributed by atoms with E-state index in [0.29, 0.717) is 28.7 Å². The molecule has 142 valence electrons.